The van der Waals surface area contributed by atoms with Gasteiger partial charge in [-0.1, -0.05) is 43.3 Å². The topological polar surface area (TPSA) is 55.9 Å². The normalized spacial score (nSPS) is 19.0. The molecule has 6 heteroatoms. The molecule has 2 aliphatic rings. The Kier molecular flexibility index (Phi) is 7.55. The molecule has 6 nitrogen and oxygen atoms in total. The molecule has 0 aromatic heterocycles. The third-order valence-electron chi connectivity index (χ3n) is 6.47. The van der Waals surface area contributed by atoms with E-state index >= 15 is 0 Å². The van der Waals surface area contributed by atoms with E-state index < -0.39 is 6.04 Å². The van der Waals surface area contributed by atoms with E-state index in [9.17, 15) is 9.59 Å². The van der Waals surface area contributed by atoms with Crippen LogP contribution in [0.5, 0.6) is 0 Å². The highest BCUT2D eigenvalue weighted by Crippen LogP contribution is 2.33. The van der Waals surface area contributed by atoms with Crippen LogP contribution in [0.4, 0.5) is 5.69 Å². The van der Waals surface area contributed by atoms with Gasteiger partial charge in [-0.15, -0.1) is 0 Å². The van der Waals surface area contributed by atoms with Gasteiger partial charge in [0, 0.05) is 50.4 Å². The lowest BCUT2D eigenvalue weighted by Gasteiger charge is -2.34. The number of carbonyl (C=O) groups excluding carboxylic acids is 2. The summed E-state index contributed by atoms with van der Waals surface area (Å²) in [6, 6.07) is 16.5. The van der Waals surface area contributed by atoms with E-state index in [-0.39, 0.29) is 11.8 Å². The maximum absolute atomic E-state index is 13.3. The Balaban J connectivity index is 1.32. The molecule has 2 aromatic carbocycles. The summed E-state index contributed by atoms with van der Waals surface area (Å²) in [4.78, 5) is 33.0. The van der Waals surface area contributed by atoms with Crippen molar-refractivity contribution in [3.05, 3.63) is 65.7 Å². The number of amides is 2. The van der Waals surface area contributed by atoms with Crippen LogP contribution in [0.15, 0.2) is 54.6 Å². The van der Waals surface area contributed by atoms with Gasteiger partial charge in [-0.2, -0.15) is 0 Å². The van der Waals surface area contributed by atoms with Crippen LogP contribution in [0.25, 0.3) is 0 Å². The van der Waals surface area contributed by atoms with Crippen molar-refractivity contribution in [1.82, 2.24) is 15.1 Å². The second-order valence-electron chi connectivity index (χ2n) is 8.72. The monoisotopic (exact) mass is 434 g/mol. The van der Waals surface area contributed by atoms with E-state index in [1.54, 1.807) is 17.0 Å². The van der Waals surface area contributed by atoms with Crippen LogP contribution in [0.3, 0.4) is 0 Å². The molecule has 2 aromatic rings. The fourth-order valence-electron chi connectivity index (χ4n) is 4.75. The molecule has 0 radical (unpaired) electrons. The number of benzene rings is 2. The highest BCUT2D eigenvalue weighted by Gasteiger charge is 2.38. The minimum absolute atomic E-state index is 0.0711. The first kappa shape index (κ1) is 22.5. The first-order valence-corrected chi connectivity index (χ1v) is 11.9. The minimum Gasteiger partial charge on any atom is -0.354 e. The molecule has 0 aliphatic carbocycles. The van der Waals surface area contributed by atoms with Gasteiger partial charge in [-0.3, -0.25) is 14.5 Å². The Bertz CT molecular complexity index is 909. The number of piperazine rings is 1. The first-order valence-electron chi connectivity index (χ1n) is 11.9. The van der Waals surface area contributed by atoms with Gasteiger partial charge in [-0.05, 0) is 49.7 Å². The van der Waals surface area contributed by atoms with Crippen LogP contribution in [0.2, 0.25) is 0 Å². The fraction of sp³-hybridized carbons (Fsp3) is 0.462. The van der Waals surface area contributed by atoms with Gasteiger partial charge >= 0.3 is 0 Å². The molecule has 1 saturated heterocycles. The van der Waals surface area contributed by atoms with Crippen LogP contribution < -0.4 is 10.2 Å². The Morgan fingerprint density at radius 1 is 0.906 bits per heavy atom. The molecule has 4 rings (SSSR count). The zero-order valence-corrected chi connectivity index (χ0v) is 19.0. The number of nitrogens with zero attached hydrogens (tertiary/aromatic N) is 3. The Labute approximate surface area is 191 Å². The van der Waals surface area contributed by atoms with Gasteiger partial charge in [0.25, 0.3) is 5.91 Å². The zero-order valence-electron chi connectivity index (χ0n) is 19.0. The summed E-state index contributed by atoms with van der Waals surface area (Å²) in [5.74, 6) is -0.195. The predicted molar refractivity (Wildman–Crippen MR) is 128 cm³/mol. The summed E-state index contributed by atoms with van der Waals surface area (Å²) in [7, 11) is 0. The number of hydrogen-bond donors (Lipinski definition) is 1. The number of nitrogens with one attached hydrogen (secondary N) is 1. The maximum atomic E-state index is 13.3. The molecule has 0 bridgehead atoms. The number of anilines is 1. The third-order valence-corrected chi connectivity index (χ3v) is 6.47. The van der Waals surface area contributed by atoms with Crippen LogP contribution in [-0.4, -0.2) is 73.5 Å². The van der Waals surface area contributed by atoms with Gasteiger partial charge in [0.1, 0.15) is 6.04 Å². The predicted octanol–water partition coefficient (Wildman–Crippen LogP) is 2.79. The molecule has 0 spiro atoms. The van der Waals surface area contributed by atoms with Crippen molar-refractivity contribution in [2.75, 3.05) is 50.7 Å². The summed E-state index contributed by atoms with van der Waals surface area (Å²) >= 11 is 0. The van der Waals surface area contributed by atoms with E-state index in [0.29, 0.717) is 18.5 Å². The van der Waals surface area contributed by atoms with Crippen molar-refractivity contribution in [2.24, 2.45) is 0 Å². The van der Waals surface area contributed by atoms with Crippen molar-refractivity contribution in [1.29, 1.82) is 0 Å². The summed E-state index contributed by atoms with van der Waals surface area (Å²) in [6.07, 6.45) is 2.69. The SMILES string of the molecule is CCCN1CCN(CCCNC(=O)[C@@H]2Cc3ccccc3N2C(=O)c2ccccc2)CC1. The Morgan fingerprint density at radius 2 is 1.56 bits per heavy atom. The van der Waals surface area contributed by atoms with Crippen molar-refractivity contribution in [3.63, 3.8) is 0 Å². The molecule has 0 unspecified atom stereocenters. The maximum Gasteiger partial charge on any atom is 0.259 e. The molecule has 170 valence electrons. The standard InChI is InChI=1S/C26H34N4O2/c1-2-14-28-16-18-29(19-17-28)15-8-13-27-25(31)24-20-22-11-6-7-12-23(22)30(24)26(32)21-9-4-3-5-10-21/h3-7,9-12,24H,2,8,13-20H2,1H3,(H,27,31)/t24-/m0/s1. The average Bonchev–Trinajstić information content (AvgIpc) is 3.23. The zero-order chi connectivity index (χ0) is 22.3. The van der Waals surface area contributed by atoms with Crippen LogP contribution >= 0.6 is 0 Å². The summed E-state index contributed by atoms with van der Waals surface area (Å²) in [6.45, 7) is 9.52. The largest absolute Gasteiger partial charge is 0.354 e. The van der Waals surface area contributed by atoms with E-state index in [1.807, 2.05) is 42.5 Å². The lowest BCUT2D eigenvalue weighted by Crippen LogP contribution is -2.49. The highest BCUT2D eigenvalue weighted by molar-refractivity contribution is 6.11. The van der Waals surface area contributed by atoms with Crippen molar-refractivity contribution < 1.29 is 9.59 Å². The molecule has 32 heavy (non-hydrogen) atoms. The third kappa shape index (κ3) is 5.19. The van der Waals surface area contributed by atoms with Crippen molar-refractivity contribution in [2.45, 2.75) is 32.2 Å². The van der Waals surface area contributed by atoms with Crippen molar-refractivity contribution >= 4 is 17.5 Å². The molecule has 0 saturated carbocycles. The van der Waals surface area contributed by atoms with E-state index in [2.05, 4.69) is 22.0 Å². The van der Waals surface area contributed by atoms with E-state index in [1.165, 1.54) is 13.0 Å². The molecule has 1 fully saturated rings. The van der Waals surface area contributed by atoms with Gasteiger partial charge in [-0.25, -0.2) is 0 Å². The summed E-state index contributed by atoms with van der Waals surface area (Å²) in [5.41, 5.74) is 2.48. The molecule has 2 amide bonds. The Hall–Kier alpha value is -2.70. The Morgan fingerprint density at radius 3 is 2.28 bits per heavy atom. The highest BCUT2D eigenvalue weighted by atomic mass is 16.2. The molecule has 2 aliphatic heterocycles. The molecule has 2 heterocycles. The van der Waals surface area contributed by atoms with Crippen molar-refractivity contribution in [3.8, 4) is 0 Å². The van der Waals surface area contributed by atoms with Gasteiger partial charge < -0.3 is 15.1 Å². The van der Waals surface area contributed by atoms with Gasteiger partial charge in [0.15, 0.2) is 0 Å². The molecule has 1 atom stereocenters. The second-order valence-corrected chi connectivity index (χ2v) is 8.72. The number of para-hydroxylation sites is 1. The number of rotatable bonds is 8. The fourth-order valence-corrected chi connectivity index (χ4v) is 4.75. The quantitative estimate of drug-likeness (QED) is 0.649. The molecular formula is C26H34N4O2. The van der Waals surface area contributed by atoms with Gasteiger partial charge in [0.05, 0.1) is 0 Å². The van der Waals surface area contributed by atoms with Crippen LogP contribution in [-0.2, 0) is 11.2 Å². The summed E-state index contributed by atoms with van der Waals surface area (Å²) in [5, 5.41) is 3.09. The number of fused-ring (bicyclic) bond motifs is 1. The minimum atomic E-state index is -0.502. The van der Waals surface area contributed by atoms with Crippen LogP contribution in [0.1, 0.15) is 35.7 Å². The first-order chi connectivity index (χ1) is 15.7. The van der Waals surface area contributed by atoms with Gasteiger partial charge in [0.2, 0.25) is 5.91 Å². The van der Waals surface area contributed by atoms with Crippen LogP contribution in [0, 0.1) is 0 Å². The number of carbonyl (C=O) groups is 2. The smallest absolute Gasteiger partial charge is 0.259 e. The van der Waals surface area contributed by atoms with E-state index in [0.717, 1.165) is 50.4 Å². The number of hydrogen-bond acceptors (Lipinski definition) is 4. The second kappa shape index (κ2) is 10.7. The molecular weight excluding hydrogens is 400 g/mol. The lowest BCUT2D eigenvalue weighted by molar-refractivity contribution is -0.122. The lowest BCUT2D eigenvalue weighted by atomic mass is 10.1. The molecule has 1 N–H and O–H groups in total. The average molecular weight is 435 g/mol. The summed E-state index contributed by atoms with van der Waals surface area (Å²) < 4.78 is 0. The van der Waals surface area contributed by atoms with E-state index in [4.69, 9.17) is 0 Å².